The second-order valence-corrected chi connectivity index (χ2v) is 5.18. The highest BCUT2D eigenvalue weighted by Crippen LogP contribution is 2.19. The predicted octanol–water partition coefficient (Wildman–Crippen LogP) is 1.25. The molecular formula is C14H18FN3O2. The van der Waals surface area contributed by atoms with Crippen LogP contribution in [0.4, 0.5) is 10.1 Å². The zero-order valence-electron chi connectivity index (χ0n) is 11.3. The van der Waals surface area contributed by atoms with E-state index in [-0.39, 0.29) is 23.2 Å². The molecule has 4 N–H and O–H groups in total. The zero-order valence-corrected chi connectivity index (χ0v) is 11.3. The van der Waals surface area contributed by atoms with Crippen LogP contribution in [0.25, 0.3) is 0 Å². The number of benzene rings is 1. The second kappa shape index (κ2) is 6.00. The Balaban J connectivity index is 2.10. The monoisotopic (exact) mass is 279 g/mol. The Hall–Kier alpha value is -1.95. The first-order chi connectivity index (χ1) is 9.47. The van der Waals surface area contributed by atoms with Crippen molar-refractivity contribution in [2.24, 2.45) is 11.7 Å². The molecule has 0 aliphatic carbocycles. The van der Waals surface area contributed by atoms with Crippen molar-refractivity contribution in [3.8, 4) is 0 Å². The number of nitrogens with one attached hydrogen (secondary N) is 2. The number of carbonyl (C=O) groups excluding carboxylic acids is 2. The summed E-state index contributed by atoms with van der Waals surface area (Å²) in [7, 11) is 0. The number of piperidine rings is 1. The van der Waals surface area contributed by atoms with Gasteiger partial charge in [0.2, 0.25) is 11.8 Å². The van der Waals surface area contributed by atoms with Gasteiger partial charge in [-0.2, -0.15) is 0 Å². The third-order valence-electron chi connectivity index (χ3n) is 3.49. The number of rotatable bonds is 3. The topological polar surface area (TPSA) is 84.2 Å². The van der Waals surface area contributed by atoms with Crippen molar-refractivity contribution >= 4 is 17.5 Å². The largest absolute Gasteiger partial charge is 0.366 e. The molecule has 1 fully saturated rings. The van der Waals surface area contributed by atoms with Gasteiger partial charge in [-0.15, -0.1) is 0 Å². The van der Waals surface area contributed by atoms with Gasteiger partial charge in [0.05, 0.1) is 11.7 Å². The maximum absolute atomic E-state index is 13.6. The summed E-state index contributed by atoms with van der Waals surface area (Å²) in [5.41, 5.74) is 5.28. The third kappa shape index (κ3) is 3.33. The SMILES string of the molecule is CC1CCNC(C(=O)Nc2cc(C(N)=O)ccc2F)C1. The summed E-state index contributed by atoms with van der Waals surface area (Å²) in [6, 6.07) is 3.32. The normalized spacial score (nSPS) is 22.3. The van der Waals surface area contributed by atoms with Crippen molar-refractivity contribution < 1.29 is 14.0 Å². The van der Waals surface area contributed by atoms with Crippen molar-refractivity contribution in [3.05, 3.63) is 29.6 Å². The molecule has 0 bridgehead atoms. The van der Waals surface area contributed by atoms with Gasteiger partial charge in [0.1, 0.15) is 5.82 Å². The van der Waals surface area contributed by atoms with Crippen LogP contribution >= 0.6 is 0 Å². The van der Waals surface area contributed by atoms with Crippen LogP contribution in [0, 0.1) is 11.7 Å². The number of nitrogens with two attached hydrogens (primary N) is 1. The molecule has 1 aromatic rings. The van der Waals surface area contributed by atoms with E-state index in [4.69, 9.17) is 5.73 Å². The summed E-state index contributed by atoms with van der Waals surface area (Å²) in [6.45, 7) is 2.85. The van der Waals surface area contributed by atoms with Gasteiger partial charge in [-0.3, -0.25) is 9.59 Å². The van der Waals surface area contributed by atoms with Gasteiger partial charge in [0, 0.05) is 5.56 Å². The lowest BCUT2D eigenvalue weighted by Gasteiger charge is -2.27. The van der Waals surface area contributed by atoms with E-state index in [1.165, 1.54) is 12.1 Å². The summed E-state index contributed by atoms with van der Waals surface area (Å²) >= 11 is 0. The van der Waals surface area contributed by atoms with E-state index >= 15 is 0 Å². The third-order valence-corrected chi connectivity index (χ3v) is 3.49. The van der Waals surface area contributed by atoms with Crippen LogP contribution in [0.3, 0.4) is 0 Å². The van der Waals surface area contributed by atoms with Gasteiger partial charge in [-0.05, 0) is 43.5 Å². The van der Waals surface area contributed by atoms with E-state index in [1.807, 2.05) is 0 Å². The van der Waals surface area contributed by atoms with Crippen LogP contribution in [0.15, 0.2) is 18.2 Å². The van der Waals surface area contributed by atoms with Gasteiger partial charge >= 0.3 is 0 Å². The van der Waals surface area contributed by atoms with E-state index in [9.17, 15) is 14.0 Å². The molecule has 2 amide bonds. The Kier molecular flexibility index (Phi) is 4.34. The molecule has 1 aliphatic heterocycles. The Morgan fingerprint density at radius 1 is 1.45 bits per heavy atom. The first kappa shape index (κ1) is 14.5. The quantitative estimate of drug-likeness (QED) is 0.778. The lowest BCUT2D eigenvalue weighted by atomic mass is 9.94. The molecule has 2 atom stereocenters. The molecule has 5 nitrogen and oxygen atoms in total. The van der Waals surface area contributed by atoms with Crippen LogP contribution in [0.5, 0.6) is 0 Å². The molecule has 108 valence electrons. The molecule has 0 radical (unpaired) electrons. The number of amides is 2. The van der Waals surface area contributed by atoms with Gasteiger partial charge in [0.15, 0.2) is 0 Å². The molecule has 6 heteroatoms. The van der Waals surface area contributed by atoms with Crippen LogP contribution < -0.4 is 16.4 Å². The van der Waals surface area contributed by atoms with E-state index in [0.717, 1.165) is 19.0 Å². The average molecular weight is 279 g/mol. The summed E-state index contributed by atoms with van der Waals surface area (Å²) in [5.74, 6) is -1.09. The molecule has 20 heavy (non-hydrogen) atoms. The average Bonchev–Trinajstić information content (AvgIpc) is 2.41. The number of primary amides is 1. The van der Waals surface area contributed by atoms with Crippen molar-refractivity contribution in [3.63, 3.8) is 0 Å². The van der Waals surface area contributed by atoms with Crippen LogP contribution in [0.1, 0.15) is 30.1 Å². The van der Waals surface area contributed by atoms with Crippen LogP contribution in [-0.4, -0.2) is 24.4 Å². The Morgan fingerprint density at radius 2 is 2.20 bits per heavy atom. The first-order valence-electron chi connectivity index (χ1n) is 6.61. The Bertz CT molecular complexity index is 533. The van der Waals surface area contributed by atoms with Gasteiger partial charge < -0.3 is 16.4 Å². The fourth-order valence-corrected chi connectivity index (χ4v) is 2.30. The van der Waals surface area contributed by atoms with Crippen molar-refractivity contribution in [1.82, 2.24) is 5.32 Å². The molecule has 0 aromatic heterocycles. The molecule has 1 aliphatic rings. The number of hydrogen-bond donors (Lipinski definition) is 3. The highest BCUT2D eigenvalue weighted by Gasteiger charge is 2.25. The van der Waals surface area contributed by atoms with Crippen LogP contribution in [-0.2, 0) is 4.79 Å². The molecule has 0 saturated carbocycles. The maximum atomic E-state index is 13.6. The fourth-order valence-electron chi connectivity index (χ4n) is 2.30. The zero-order chi connectivity index (χ0) is 14.7. The number of hydrogen-bond acceptors (Lipinski definition) is 3. The minimum Gasteiger partial charge on any atom is -0.366 e. The molecule has 1 heterocycles. The standard InChI is InChI=1S/C14H18FN3O2/c1-8-4-5-17-12(6-8)14(20)18-11-7-9(13(16)19)2-3-10(11)15/h2-3,7-8,12,17H,4-6H2,1H3,(H2,16,19)(H,18,20). The highest BCUT2D eigenvalue weighted by molar-refractivity contribution is 5.98. The summed E-state index contributed by atoms with van der Waals surface area (Å²) in [6.07, 6.45) is 1.73. The first-order valence-corrected chi connectivity index (χ1v) is 6.61. The Morgan fingerprint density at radius 3 is 2.85 bits per heavy atom. The lowest BCUT2D eigenvalue weighted by molar-refractivity contribution is -0.119. The van der Waals surface area contributed by atoms with Crippen molar-refractivity contribution in [2.45, 2.75) is 25.8 Å². The summed E-state index contributed by atoms with van der Waals surface area (Å²) < 4.78 is 13.6. The molecule has 2 unspecified atom stereocenters. The molecular weight excluding hydrogens is 261 g/mol. The van der Waals surface area contributed by atoms with Crippen molar-refractivity contribution in [2.75, 3.05) is 11.9 Å². The van der Waals surface area contributed by atoms with E-state index in [0.29, 0.717) is 12.3 Å². The molecule has 0 spiro atoms. The van der Waals surface area contributed by atoms with Gasteiger partial charge in [-0.25, -0.2) is 4.39 Å². The highest BCUT2D eigenvalue weighted by atomic mass is 19.1. The van der Waals surface area contributed by atoms with Crippen molar-refractivity contribution in [1.29, 1.82) is 0 Å². The number of carbonyl (C=O) groups is 2. The fraction of sp³-hybridized carbons (Fsp3) is 0.429. The second-order valence-electron chi connectivity index (χ2n) is 5.18. The van der Waals surface area contributed by atoms with E-state index in [1.54, 1.807) is 0 Å². The minimum absolute atomic E-state index is 0.0219. The van der Waals surface area contributed by atoms with E-state index < -0.39 is 11.7 Å². The lowest BCUT2D eigenvalue weighted by Crippen LogP contribution is -2.45. The van der Waals surface area contributed by atoms with Gasteiger partial charge in [-0.1, -0.05) is 6.92 Å². The van der Waals surface area contributed by atoms with E-state index in [2.05, 4.69) is 17.6 Å². The van der Waals surface area contributed by atoms with Crippen LogP contribution in [0.2, 0.25) is 0 Å². The number of halogens is 1. The minimum atomic E-state index is -0.662. The van der Waals surface area contributed by atoms with Gasteiger partial charge in [0.25, 0.3) is 0 Å². The predicted molar refractivity (Wildman–Crippen MR) is 73.7 cm³/mol. The number of anilines is 1. The Labute approximate surface area is 116 Å². The molecule has 1 saturated heterocycles. The smallest absolute Gasteiger partial charge is 0.248 e. The maximum Gasteiger partial charge on any atom is 0.248 e. The summed E-state index contributed by atoms with van der Waals surface area (Å²) in [4.78, 5) is 23.2. The molecule has 2 rings (SSSR count). The molecule has 1 aromatic carbocycles. The summed E-state index contributed by atoms with van der Waals surface area (Å²) in [5, 5.41) is 5.61.